The van der Waals surface area contributed by atoms with E-state index in [0.717, 1.165) is 36.9 Å². The quantitative estimate of drug-likeness (QED) is 0.186. The van der Waals surface area contributed by atoms with Crippen molar-refractivity contribution < 1.29 is 14.1 Å². The van der Waals surface area contributed by atoms with Gasteiger partial charge in [0.05, 0.1) is 0 Å². The molecule has 0 aromatic heterocycles. The molecule has 1 N–H and O–H groups in total. The summed E-state index contributed by atoms with van der Waals surface area (Å²) in [6.07, 6.45) is 0. The fourth-order valence-electron chi connectivity index (χ4n) is 6.58. The lowest BCUT2D eigenvalue weighted by Gasteiger charge is -2.40. The fourth-order valence-corrected chi connectivity index (χ4v) is 9.58. The average molecular weight is 653 g/mol. The standard InChI is InChI=1S/C45H32O3S/c46-44-23-9-8-20-43(44)45(47)48-49(36-16-2-1-3-17-36,37-28-24-34(25-29-37)41-21-10-14-32-12-4-6-18-39(32)41)38-30-26-35(27-31-38)42-22-11-15-33-13-5-7-19-40(33)42/h1-31,46H. The molecule has 0 radical (unpaired) electrons. The van der Waals surface area contributed by atoms with Gasteiger partial charge in [0, 0.05) is 14.7 Å². The van der Waals surface area contributed by atoms with E-state index in [1.54, 1.807) is 18.2 Å². The number of rotatable bonds is 7. The van der Waals surface area contributed by atoms with Crippen LogP contribution in [-0.2, 0) is 4.18 Å². The van der Waals surface area contributed by atoms with Crippen molar-refractivity contribution in [2.24, 2.45) is 0 Å². The van der Waals surface area contributed by atoms with Crippen molar-refractivity contribution in [1.82, 2.24) is 0 Å². The van der Waals surface area contributed by atoms with Crippen LogP contribution in [-0.4, -0.2) is 11.1 Å². The molecule has 3 nitrogen and oxygen atoms in total. The Bertz CT molecular complexity index is 2300. The maximum atomic E-state index is 14.1. The predicted octanol–water partition coefficient (Wildman–Crippen LogP) is 12.1. The molecule has 0 atom stereocenters. The van der Waals surface area contributed by atoms with Gasteiger partial charge in [0.15, 0.2) is 0 Å². The minimum atomic E-state index is -2.64. The topological polar surface area (TPSA) is 46.5 Å². The van der Waals surface area contributed by atoms with Gasteiger partial charge in [-0.05, 0) is 103 Å². The summed E-state index contributed by atoms with van der Waals surface area (Å²) in [7, 11) is -2.64. The van der Waals surface area contributed by atoms with Crippen LogP contribution < -0.4 is 0 Å². The first-order valence-corrected chi connectivity index (χ1v) is 17.7. The van der Waals surface area contributed by atoms with Crippen LogP contribution in [0.3, 0.4) is 0 Å². The highest BCUT2D eigenvalue weighted by atomic mass is 32.3. The van der Waals surface area contributed by atoms with E-state index in [4.69, 9.17) is 4.18 Å². The Kier molecular flexibility index (Phi) is 7.92. The number of aromatic hydroxyl groups is 1. The highest BCUT2D eigenvalue weighted by molar-refractivity contribution is 8.30. The first kappa shape index (κ1) is 30.2. The summed E-state index contributed by atoms with van der Waals surface area (Å²) in [6, 6.07) is 62.7. The van der Waals surface area contributed by atoms with Gasteiger partial charge in [-0.2, -0.15) is 0 Å². The molecule has 0 amide bonds. The van der Waals surface area contributed by atoms with E-state index < -0.39 is 16.3 Å². The van der Waals surface area contributed by atoms with Gasteiger partial charge in [-0.15, -0.1) is 0 Å². The Labute approximate surface area is 287 Å². The summed E-state index contributed by atoms with van der Waals surface area (Å²) in [6.45, 7) is 0. The minimum absolute atomic E-state index is 0.119. The Morgan fingerprint density at radius 1 is 0.429 bits per heavy atom. The van der Waals surface area contributed by atoms with Gasteiger partial charge in [-0.1, -0.05) is 140 Å². The highest BCUT2D eigenvalue weighted by Gasteiger charge is 2.36. The normalized spacial score (nSPS) is 11.8. The number of hydrogen-bond acceptors (Lipinski definition) is 3. The molecule has 0 saturated heterocycles. The molecule has 4 heteroatoms. The zero-order valence-corrected chi connectivity index (χ0v) is 27.4. The zero-order valence-electron chi connectivity index (χ0n) is 26.6. The second kappa shape index (κ2) is 12.8. The molecule has 0 saturated carbocycles. The van der Waals surface area contributed by atoms with Crippen LogP contribution in [0.4, 0.5) is 0 Å². The van der Waals surface area contributed by atoms with Crippen LogP contribution in [0.2, 0.25) is 0 Å². The second-order valence-electron chi connectivity index (χ2n) is 11.9. The third-order valence-electron chi connectivity index (χ3n) is 8.97. The molecule has 0 unspecified atom stereocenters. The molecule has 0 bridgehead atoms. The van der Waals surface area contributed by atoms with E-state index >= 15 is 0 Å². The summed E-state index contributed by atoms with van der Waals surface area (Å²) in [5.74, 6) is -0.709. The van der Waals surface area contributed by atoms with Crippen molar-refractivity contribution in [3.8, 4) is 28.0 Å². The van der Waals surface area contributed by atoms with Crippen molar-refractivity contribution in [3.05, 3.63) is 194 Å². The number of carbonyl (C=O) groups excluding carboxylic acids is 1. The molecule has 0 aliphatic carbocycles. The van der Waals surface area contributed by atoms with E-state index in [-0.39, 0.29) is 11.3 Å². The molecule has 49 heavy (non-hydrogen) atoms. The highest BCUT2D eigenvalue weighted by Crippen LogP contribution is 2.69. The number of phenolic OH excluding ortho intramolecular Hbond substituents is 1. The number of fused-ring (bicyclic) bond motifs is 2. The van der Waals surface area contributed by atoms with Crippen LogP contribution in [0.15, 0.2) is 203 Å². The van der Waals surface area contributed by atoms with Gasteiger partial charge >= 0.3 is 5.97 Å². The number of benzene rings is 8. The van der Waals surface area contributed by atoms with Crippen molar-refractivity contribution in [3.63, 3.8) is 0 Å². The van der Waals surface area contributed by atoms with E-state index in [1.807, 2.05) is 30.3 Å². The van der Waals surface area contributed by atoms with Crippen molar-refractivity contribution in [1.29, 1.82) is 0 Å². The minimum Gasteiger partial charge on any atom is -0.507 e. The lowest BCUT2D eigenvalue weighted by molar-refractivity contribution is 0.0754. The Hall–Kier alpha value is -6.10. The summed E-state index contributed by atoms with van der Waals surface area (Å²) >= 11 is 0. The molecule has 236 valence electrons. The lowest BCUT2D eigenvalue weighted by Crippen LogP contribution is -2.14. The van der Waals surface area contributed by atoms with Gasteiger partial charge in [0.2, 0.25) is 0 Å². The van der Waals surface area contributed by atoms with E-state index in [9.17, 15) is 9.90 Å². The summed E-state index contributed by atoms with van der Waals surface area (Å²) in [5.41, 5.74) is 4.53. The monoisotopic (exact) mass is 652 g/mol. The molecule has 0 aliphatic rings. The molecule has 0 aliphatic heterocycles. The Morgan fingerprint density at radius 3 is 1.39 bits per heavy atom. The van der Waals surface area contributed by atoms with Crippen LogP contribution in [0, 0.1) is 0 Å². The van der Waals surface area contributed by atoms with Crippen molar-refractivity contribution >= 4 is 37.8 Å². The summed E-state index contributed by atoms with van der Waals surface area (Å²) < 4.78 is 6.78. The molecular formula is C45H32O3S. The molecule has 0 heterocycles. The Morgan fingerprint density at radius 2 is 0.857 bits per heavy atom. The van der Waals surface area contributed by atoms with Gasteiger partial charge in [0.25, 0.3) is 0 Å². The van der Waals surface area contributed by atoms with Gasteiger partial charge < -0.3 is 9.29 Å². The molecule has 8 aromatic rings. The summed E-state index contributed by atoms with van der Waals surface area (Å²) in [5, 5.41) is 15.4. The number of carbonyl (C=O) groups is 1. The van der Waals surface area contributed by atoms with E-state index in [2.05, 4.69) is 133 Å². The SMILES string of the molecule is O=C(OS(c1ccccc1)(c1ccc(-c2cccc3ccccc23)cc1)c1ccc(-c2cccc3ccccc23)cc1)c1ccccc1O. The van der Waals surface area contributed by atoms with Gasteiger partial charge in [0.1, 0.15) is 11.3 Å². The van der Waals surface area contributed by atoms with Crippen LogP contribution >= 0.6 is 10.3 Å². The second-order valence-corrected chi connectivity index (χ2v) is 14.6. The zero-order chi connectivity index (χ0) is 33.2. The maximum absolute atomic E-state index is 14.1. The first-order chi connectivity index (χ1) is 24.1. The Balaban J connectivity index is 1.31. The largest absolute Gasteiger partial charge is 0.507 e. The predicted molar refractivity (Wildman–Crippen MR) is 201 cm³/mol. The lowest BCUT2D eigenvalue weighted by atomic mass is 9.98. The van der Waals surface area contributed by atoms with Gasteiger partial charge in [-0.25, -0.2) is 4.79 Å². The summed E-state index contributed by atoms with van der Waals surface area (Å²) in [4.78, 5) is 16.7. The van der Waals surface area contributed by atoms with E-state index in [1.165, 1.54) is 27.6 Å². The van der Waals surface area contributed by atoms with E-state index in [0.29, 0.717) is 0 Å². The molecule has 0 spiro atoms. The molecule has 8 rings (SSSR count). The fraction of sp³-hybridized carbons (Fsp3) is 0. The smallest absolute Gasteiger partial charge is 0.353 e. The van der Waals surface area contributed by atoms with Crippen LogP contribution in [0.5, 0.6) is 5.75 Å². The van der Waals surface area contributed by atoms with Crippen LogP contribution in [0.25, 0.3) is 43.8 Å². The molecular weight excluding hydrogens is 621 g/mol. The number of hydrogen-bond donors (Lipinski definition) is 1. The third kappa shape index (κ3) is 5.52. The molecule has 0 fully saturated rings. The number of phenols is 1. The average Bonchev–Trinajstić information content (AvgIpc) is 3.17. The van der Waals surface area contributed by atoms with Crippen molar-refractivity contribution in [2.45, 2.75) is 14.7 Å². The first-order valence-electron chi connectivity index (χ1n) is 16.2. The van der Waals surface area contributed by atoms with Crippen LogP contribution in [0.1, 0.15) is 10.4 Å². The maximum Gasteiger partial charge on any atom is 0.353 e. The third-order valence-corrected chi connectivity index (χ3v) is 12.2. The van der Waals surface area contributed by atoms with Gasteiger partial charge in [-0.3, -0.25) is 0 Å². The number of para-hydroxylation sites is 1. The van der Waals surface area contributed by atoms with Crippen molar-refractivity contribution in [2.75, 3.05) is 0 Å². The molecule has 8 aromatic carbocycles.